The summed E-state index contributed by atoms with van der Waals surface area (Å²) in [6, 6.07) is 8.04. The fourth-order valence-corrected chi connectivity index (χ4v) is 2.88. The van der Waals surface area contributed by atoms with Crippen LogP contribution in [-0.4, -0.2) is 25.5 Å². The molecule has 0 radical (unpaired) electrons. The Morgan fingerprint density at radius 1 is 1.24 bits per heavy atom. The van der Waals surface area contributed by atoms with Crippen LogP contribution in [0.15, 0.2) is 48.9 Å². The van der Waals surface area contributed by atoms with E-state index in [1.807, 2.05) is 6.07 Å². The molecule has 0 spiro atoms. The van der Waals surface area contributed by atoms with Crippen LogP contribution in [0.5, 0.6) is 0 Å². The summed E-state index contributed by atoms with van der Waals surface area (Å²) in [4.78, 5) is 15.7. The molecule has 4 aromatic rings. The molecule has 0 saturated carbocycles. The topological polar surface area (TPSA) is 89.1 Å². The first kappa shape index (κ1) is 15.3. The van der Waals surface area contributed by atoms with Crippen LogP contribution in [0.3, 0.4) is 0 Å². The van der Waals surface area contributed by atoms with Crippen molar-refractivity contribution in [2.24, 2.45) is 5.73 Å². The molecular formula is C17H11ClFN5O. The van der Waals surface area contributed by atoms with E-state index in [-0.39, 0.29) is 10.7 Å². The molecule has 1 aromatic carbocycles. The monoisotopic (exact) mass is 355 g/mol. The van der Waals surface area contributed by atoms with Crippen LogP contribution in [0.1, 0.15) is 10.5 Å². The van der Waals surface area contributed by atoms with E-state index in [9.17, 15) is 9.18 Å². The molecule has 3 N–H and O–H groups in total. The molecule has 0 bridgehead atoms. The standard InChI is InChI=1S/C17H11ClFN5O/c18-12-5-9(1-3-13(12)19)16-11(6-22-23-16)10-2-4-15-21-7-14(17(20)25)24(15)8-10/h1-8H,(H2,20,25)(H,22,23). The summed E-state index contributed by atoms with van der Waals surface area (Å²) in [6.45, 7) is 0. The molecule has 0 unspecified atom stereocenters. The van der Waals surface area contributed by atoms with Crippen LogP contribution in [0.4, 0.5) is 4.39 Å². The number of nitrogens with two attached hydrogens (primary N) is 1. The smallest absolute Gasteiger partial charge is 0.267 e. The van der Waals surface area contributed by atoms with Crippen LogP contribution >= 0.6 is 11.6 Å². The Morgan fingerprint density at radius 2 is 2.04 bits per heavy atom. The molecule has 25 heavy (non-hydrogen) atoms. The summed E-state index contributed by atoms with van der Waals surface area (Å²) in [6.07, 6.45) is 4.90. The lowest BCUT2D eigenvalue weighted by Crippen LogP contribution is -2.13. The van der Waals surface area contributed by atoms with Gasteiger partial charge in [0.1, 0.15) is 17.2 Å². The largest absolute Gasteiger partial charge is 0.364 e. The number of H-pyrrole nitrogens is 1. The zero-order chi connectivity index (χ0) is 17.6. The molecule has 1 amide bonds. The van der Waals surface area contributed by atoms with E-state index < -0.39 is 11.7 Å². The number of aromatic amines is 1. The van der Waals surface area contributed by atoms with Crippen molar-refractivity contribution in [3.63, 3.8) is 0 Å². The van der Waals surface area contributed by atoms with Gasteiger partial charge in [0.05, 0.1) is 16.9 Å². The zero-order valence-corrected chi connectivity index (χ0v) is 13.5. The minimum Gasteiger partial charge on any atom is -0.364 e. The number of pyridine rings is 1. The van der Waals surface area contributed by atoms with Gasteiger partial charge in [-0.15, -0.1) is 0 Å². The number of carbonyl (C=O) groups is 1. The van der Waals surface area contributed by atoms with E-state index in [2.05, 4.69) is 15.2 Å². The average molecular weight is 356 g/mol. The Labute approximate surface area is 146 Å². The van der Waals surface area contributed by atoms with Crippen LogP contribution in [0.25, 0.3) is 28.0 Å². The van der Waals surface area contributed by atoms with E-state index in [1.165, 1.54) is 18.3 Å². The Hall–Kier alpha value is -3.19. The van der Waals surface area contributed by atoms with Crippen molar-refractivity contribution in [3.05, 3.63) is 65.5 Å². The maximum Gasteiger partial charge on any atom is 0.267 e. The zero-order valence-electron chi connectivity index (χ0n) is 12.7. The van der Waals surface area contributed by atoms with Crippen molar-refractivity contribution < 1.29 is 9.18 Å². The predicted octanol–water partition coefficient (Wildman–Crippen LogP) is 3.28. The van der Waals surface area contributed by atoms with Gasteiger partial charge < -0.3 is 5.73 Å². The maximum absolute atomic E-state index is 13.4. The van der Waals surface area contributed by atoms with Gasteiger partial charge in [-0.2, -0.15) is 5.10 Å². The number of hydrogen-bond acceptors (Lipinski definition) is 3. The minimum atomic E-state index is -0.567. The van der Waals surface area contributed by atoms with Crippen LogP contribution in [-0.2, 0) is 0 Å². The Bertz CT molecular complexity index is 1120. The highest BCUT2D eigenvalue weighted by atomic mass is 35.5. The van der Waals surface area contributed by atoms with Gasteiger partial charge in [-0.1, -0.05) is 11.6 Å². The second-order valence-electron chi connectivity index (χ2n) is 5.43. The number of benzene rings is 1. The third-order valence-corrected chi connectivity index (χ3v) is 4.19. The molecule has 4 rings (SSSR count). The summed E-state index contributed by atoms with van der Waals surface area (Å²) >= 11 is 5.87. The summed E-state index contributed by atoms with van der Waals surface area (Å²) in [5.74, 6) is -1.06. The first-order chi connectivity index (χ1) is 12.0. The molecule has 6 nitrogen and oxygen atoms in total. The van der Waals surface area contributed by atoms with Gasteiger partial charge in [0.15, 0.2) is 0 Å². The van der Waals surface area contributed by atoms with Crippen LogP contribution in [0.2, 0.25) is 5.02 Å². The van der Waals surface area contributed by atoms with Crippen molar-refractivity contribution >= 4 is 23.2 Å². The normalized spacial score (nSPS) is 11.1. The molecule has 8 heteroatoms. The summed E-state index contributed by atoms with van der Waals surface area (Å²) in [5, 5.41) is 7.06. The number of hydrogen-bond donors (Lipinski definition) is 2. The van der Waals surface area contributed by atoms with Gasteiger partial charge in [0.2, 0.25) is 0 Å². The number of nitrogens with zero attached hydrogens (tertiary/aromatic N) is 3. The number of aromatic nitrogens is 4. The van der Waals surface area contributed by atoms with E-state index in [1.54, 1.807) is 28.9 Å². The molecule has 3 aromatic heterocycles. The van der Waals surface area contributed by atoms with Crippen LogP contribution < -0.4 is 5.73 Å². The second kappa shape index (κ2) is 5.71. The highest BCUT2D eigenvalue weighted by Gasteiger charge is 2.15. The average Bonchev–Trinajstić information content (AvgIpc) is 3.23. The Morgan fingerprint density at radius 3 is 2.80 bits per heavy atom. The fourth-order valence-electron chi connectivity index (χ4n) is 2.70. The number of primary amides is 1. The van der Waals surface area contributed by atoms with Crippen molar-refractivity contribution in [3.8, 4) is 22.4 Å². The number of amides is 1. The van der Waals surface area contributed by atoms with Crippen molar-refractivity contribution in [1.29, 1.82) is 0 Å². The SMILES string of the molecule is NC(=O)c1cnc2ccc(-c3c[nH]nc3-c3ccc(F)c(Cl)c3)cn12. The number of carbonyl (C=O) groups excluding carboxylic acids is 1. The van der Waals surface area contributed by atoms with Gasteiger partial charge in [-0.05, 0) is 30.3 Å². The Kier molecular flexibility index (Phi) is 3.51. The highest BCUT2D eigenvalue weighted by Crippen LogP contribution is 2.32. The van der Waals surface area contributed by atoms with E-state index in [0.29, 0.717) is 16.9 Å². The van der Waals surface area contributed by atoms with Crippen molar-refractivity contribution in [1.82, 2.24) is 19.6 Å². The van der Waals surface area contributed by atoms with Gasteiger partial charge in [-0.3, -0.25) is 14.3 Å². The maximum atomic E-state index is 13.4. The molecule has 0 aliphatic carbocycles. The number of imidazole rings is 1. The summed E-state index contributed by atoms with van der Waals surface area (Å²) < 4.78 is 15.0. The van der Waals surface area contributed by atoms with E-state index >= 15 is 0 Å². The molecule has 3 heterocycles. The van der Waals surface area contributed by atoms with Crippen molar-refractivity contribution in [2.45, 2.75) is 0 Å². The molecule has 0 atom stereocenters. The lowest BCUT2D eigenvalue weighted by molar-refractivity contribution is 0.0995. The number of rotatable bonds is 3. The molecule has 124 valence electrons. The second-order valence-corrected chi connectivity index (χ2v) is 5.84. The molecule has 0 aliphatic heterocycles. The van der Waals surface area contributed by atoms with E-state index in [4.69, 9.17) is 17.3 Å². The lowest BCUT2D eigenvalue weighted by atomic mass is 10.0. The van der Waals surface area contributed by atoms with Gasteiger partial charge >= 0.3 is 0 Å². The molecular weight excluding hydrogens is 345 g/mol. The predicted molar refractivity (Wildman–Crippen MR) is 91.7 cm³/mol. The van der Waals surface area contributed by atoms with Crippen molar-refractivity contribution in [2.75, 3.05) is 0 Å². The van der Waals surface area contributed by atoms with Crippen LogP contribution in [0, 0.1) is 5.82 Å². The summed E-state index contributed by atoms with van der Waals surface area (Å²) in [7, 11) is 0. The number of fused-ring (bicyclic) bond motifs is 1. The lowest BCUT2D eigenvalue weighted by Gasteiger charge is -2.06. The highest BCUT2D eigenvalue weighted by molar-refractivity contribution is 6.31. The quantitative estimate of drug-likeness (QED) is 0.591. The number of halogens is 2. The molecule has 0 fully saturated rings. The molecule has 0 saturated heterocycles. The van der Waals surface area contributed by atoms with Gasteiger partial charge in [0, 0.05) is 29.1 Å². The fraction of sp³-hybridized carbons (Fsp3) is 0. The first-order valence-electron chi connectivity index (χ1n) is 7.31. The molecule has 0 aliphatic rings. The number of nitrogens with one attached hydrogen (secondary N) is 1. The first-order valence-corrected chi connectivity index (χ1v) is 7.69. The third-order valence-electron chi connectivity index (χ3n) is 3.90. The third kappa shape index (κ3) is 2.54. The van der Waals surface area contributed by atoms with Gasteiger partial charge in [0.25, 0.3) is 5.91 Å². The minimum absolute atomic E-state index is 0.0209. The Balaban J connectivity index is 1.87. The summed E-state index contributed by atoms with van der Waals surface area (Å²) in [5.41, 5.74) is 9.11. The van der Waals surface area contributed by atoms with Gasteiger partial charge in [-0.25, -0.2) is 9.37 Å². The van der Waals surface area contributed by atoms with E-state index in [0.717, 1.165) is 11.1 Å².